The number of hydrogen-bond donors (Lipinski definition) is 2. The molecule has 1 aromatic heterocycles. The van der Waals surface area contributed by atoms with Gasteiger partial charge in [0, 0.05) is 34.5 Å². The van der Waals surface area contributed by atoms with E-state index in [1.807, 2.05) is 0 Å². The number of rotatable bonds is 7. The lowest BCUT2D eigenvalue weighted by Crippen LogP contribution is -2.18. The number of thiophene rings is 1. The quantitative estimate of drug-likeness (QED) is 0.607. The van der Waals surface area contributed by atoms with Gasteiger partial charge in [0.1, 0.15) is 10.7 Å². The van der Waals surface area contributed by atoms with Gasteiger partial charge in [-0.15, -0.1) is 29.5 Å². The summed E-state index contributed by atoms with van der Waals surface area (Å²) in [5.74, 6) is 2.62. The number of benzene rings is 1. The van der Waals surface area contributed by atoms with Crippen molar-refractivity contribution in [2.24, 2.45) is 0 Å². The fourth-order valence-electron chi connectivity index (χ4n) is 2.00. The molecule has 0 aliphatic rings. The summed E-state index contributed by atoms with van der Waals surface area (Å²) < 4.78 is 14.6. The van der Waals surface area contributed by atoms with Gasteiger partial charge in [0.25, 0.3) is 0 Å². The number of halogens is 1. The SMILES string of the molecule is C#CCSCCNCc1c(C(=O)O)sc2cccc(F)c12. The molecule has 0 bridgehead atoms. The summed E-state index contributed by atoms with van der Waals surface area (Å²) in [5.41, 5.74) is 0.516. The van der Waals surface area contributed by atoms with Gasteiger partial charge < -0.3 is 10.4 Å². The zero-order valence-electron chi connectivity index (χ0n) is 11.2. The minimum atomic E-state index is -1.02. The van der Waals surface area contributed by atoms with E-state index in [9.17, 15) is 14.3 Å². The lowest BCUT2D eigenvalue weighted by molar-refractivity contribution is 0.0701. The van der Waals surface area contributed by atoms with E-state index in [0.29, 0.717) is 34.5 Å². The first-order chi connectivity index (χ1) is 10.1. The van der Waals surface area contributed by atoms with Crippen LogP contribution in [0.25, 0.3) is 10.1 Å². The molecular formula is C15H14FNO2S2. The van der Waals surface area contributed by atoms with Crippen LogP contribution in [-0.4, -0.2) is 29.1 Å². The number of fused-ring (bicyclic) bond motifs is 1. The molecular weight excluding hydrogens is 309 g/mol. The largest absolute Gasteiger partial charge is 0.477 e. The molecule has 0 fully saturated rings. The number of aromatic carboxylic acids is 1. The van der Waals surface area contributed by atoms with Crippen LogP contribution in [0, 0.1) is 18.2 Å². The zero-order valence-corrected chi connectivity index (χ0v) is 12.8. The maximum absolute atomic E-state index is 14.0. The van der Waals surface area contributed by atoms with Gasteiger partial charge in [0.2, 0.25) is 0 Å². The topological polar surface area (TPSA) is 49.3 Å². The third kappa shape index (κ3) is 3.76. The van der Waals surface area contributed by atoms with Crippen LogP contribution in [-0.2, 0) is 6.54 Å². The molecule has 0 radical (unpaired) electrons. The van der Waals surface area contributed by atoms with Crippen LogP contribution in [0.2, 0.25) is 0 Å². The van der Waals surface area contributed by atoms with Crippen molar-refractivity contribution < 1.29 is 14.3 Å². The average Bonchev–Trinajstić information content (AvgIpc) is 2.83. The Labute approximate surface area is 130 Å². The smallest absolute Gasteiger partial charge is 0.346 e. The number of thioether (sulfide) groups is 1. The minimum absolute atomic E-state index is 0.193. The Morgan fingerprint density at radius 3 is 3.05 bits per heavy atom. The van der Waals surface area contributed by atoms with Gasteiger partial charge in [-0.25, -0.2) is 9.18 Å². The van der Waals surface area contributed by atoms with Crippen LogP contribution >= 0.6 is 23.1 Å². The molecule has 1 heterocycles. The fourth-order valence-corrected chi connectivity index (χ4v) is 3.62. The van der Waals surface area contributed by atoms with Crippen molar-refractivity contribution >= 4 is 39.2 Å². The standard InChI is InChI=1S/C15H14FNO2S2/c1-2-7-20-8-6-17-9-10-13-11(16)4-3-5-12(13)21-14(10)15(18)19/h1,3-5,17H,6-9H2,(H,18,19). The molecule has 2 aromatic rings. The molecule has 0 aliphatic carbocycles. The van der Waals surface area contributed by atoms with Gasteiger partial charge in [-0.2, -0.15) is 0 Å². The highest BCUT2D eigenvalue weighted by atomic mass is 32.2. The molecule has 0 unspecified atom stereocenters. The van der Waals surface area contributed by atoms with Gasteiger partial charge in [0.15, 0.2) is 0 Å². The van der Waals surface area contributed by atoms with Gasteiger partial charge in [-0.3, -0.25) is 0 Å². The average molecular weight is 323 g/mol. The molecule has 0 saturated carbocycles. The summed E-state index contributed by atoms with van der Waals surface area (Å²) in [6.45, 7) is 1.02. The highest BCUT2D eigenvalue weighted by Gasteiger charge is 2.19. The normalized spacial score (nSPS) is 10.7. The first-order valence-corrected chi connectivity index (χ1v) is 8.27. The summed E-state index contributed by atoms with van der Waals surface area (Å²) in [6.07, 6.45) is 5.16. The van der Waals surface area contributed by atoms with Gasteiger partial charge >= 0.3 is 5.97 Å². The summed E-state index contributed by atoms with van der Waals surface area (Å²) >= 11 is 2.73. The summed E-state index contributed by atoms with van der Waals surface area (Å²) in [6, 6.07) is 4.68. The monoisotopic (exact) mass is 323 g/mol. The van der Waals surface area contributed by atoms with Crippen molar-refractivity contribution in [2.75, 3.05) is 18.1 Å². The van der Waals surface area contributed by atoms with E-state index in [2.05, 4.69) is 11.2 Å². The van der Waals surface area contributed by atoms with Crippen molar-refractivity contribution in [1.29, 1.82) is 0 Å². The van der Waals surface area contributed by atoms with Gasteiger partial charge in [-0.05, 0) is 12.1 Å². The molecule has 0 saturated heterocycles. The maximum atomic E-state index is 14.0. The van der Waals surface area contributed by atoms with Gasteiger partial charge in [-0.1, -0.05) is 12.0 Å². The van der Waals surface area contributed by atoms with E-state index in [-0.39, 0.29) is 10.7 Å². The first-order valence-electron chi connectivity index (χ1n) is 6.30. The van der Waals surface area contributed by atoms with Crippen LogP contribution < -0.4 is 5.32 Å². The van der Waals surface area contributed by atoms with E-state index in [1.54, 1.807) is 23.9 Å². The second kappa shape index (κ2) is 7.46. The molecule has 110 valence electrons. The molecule has 1 aromatic carbocycles. The number of carboxylic acid groups (broad SMARTS) is 1. The van der Waals surface area contributed by atoms with Crippen LogP contribution in [0.3, 0.4) is 0 Å². The zero-order chi connectivity index (χ0) is 15.2. The van der Waals surface area contributed by atoms with Crippen LogP contribution in [0.1, 0.15) is 15.2 Å². The molecule has 3 nitrogen and oxygen atoms in total. The van der Waals surface area contributed by atoms with E-state index in [1.165, 1.54) is 6.07 Å². The van der Waals surface area contributed by atoms with Crippen molar-refractivity contribution in [3.8, 4) is 12.3 Å². The second-order valence-corrected chi connectivity index (χ2v) is 6.42. The molecule has 6 heteroatoms. The van der Waals surface area contributed by atoms with E-state index >= 15 is 0 Å². The third-order valence-corrected chi connectivity index (χ3v) is 4.92. The Morgan fingerprint density at radius 2 is 2.33 bits per heavy atom. The summed E-state index contributed by atoms with van der Waals surface area (Å²) in [4.78, 5) is 11.5. The van der Waals surface area contributed by atoms with Crippen molar-refractivity contribution in [2.45, 2.75) is 6.54 Å². The Hall–Kier alpha value is -1.55. The van der Waals surface area contributed by atoms with Gasteiger partial charge in [0.05, 0.1) is 5.75 Å². The van der Waals surface area contributed by atoms with Crippen molar-refractivity contribution in [3.05, 3.63) is 34.5 Å². The molecule has 0 atom stereocenters. The molecule has 0 spiro atoms. The number of nitrogens with one attached hydrogen (secondary N) is 1. The Balaban J connectivity index is 2.15. The molecule has 2 rings (SSSR count). The highest BCUT2D eigenvalue weighted by Crippen LogP contribution is 2.33. The first kappa shape index (κ1) is 15.8. The number of carboxylic acids is 1. The van der Waals surface area contributed by atoms with Crippen molar-refractivity contribution in [1.82, 2.24) is 5.32 Å². The van der Waals surface area contributed by atoms with Crippen LogP contribution in [0.4, 0.5) is 4.39 Å². The number of carbonyl (C=O) groups is 1. The van der Waals surface area contributed by atoms with Crippen LogP contribution in [0.5, 0.6) is 0 Å². The lowest BCUT2D eigenvalue weighted by atomic mass is 10.1. The molecule has 21 heavy (non-hydrogen) atoms. The minimum Gasteiger partial charge on any atom is -0.477 e. The van der Waals surface area contributed by atoms with E-state index in [0.717, 1.165) is 17.1 Å². The second-order valence-electron chi connectivity index (χ2n) is 4.26. The molecule has 0 amide bonds. The fraction of sp³-hybridized carbons (Fsp3) is 0.267. The summed E-state index contributed by atoms with van der Waals surface area (Å²) in [7, 11) is 0. The predicted molar refractivity (Wildman–Crippen MR) is 86.6 cm³/mol. The lowest BCUT2D eigenvalue weighted by Gasteiger charge is -2.05. The van der Waals surface area contributed by atoms with Crippen molar-refractivity contribution in [3.63, 3.8) is 0 Å². The molecule has 0 aliphatic heterocycles. The molecule has 2 N–H and O–H groups in total. The number of hydrogen-bond acceptors (Lipinski definition) is 4. The third-order valence-electron chi connectivity index (χ3n) is 2.87. The van der Waals surface area contributed by atoms with E-state index in [4.69, 9.17) is 6.42 Å². The Morgan fingerprint density at radius 1 is 1.52 bits per heavy atom. The Kier molecular flexibility index (Phi) is 5.62. The highest BCUT2D eigenvalue weighted by molar-refractivity contribution is 7.99. The van der Waals surface area contributed by atoms with Crippen LogP contribution in [0.15, 0.2) is 18.2 Å². The Bertz CT molecular complexity index is 691. The predicted octanol–water partition coefficient (Wildman–Crippen LogP) is 3.19. The van der Waals surface area contributed by atoms with E-state index < -0.39 is 5.97 Å². The summed E-state index contributed by atoms with van der Waals surface area (Å²) in [5, 5.41) is 12.8. The maximum Gasteiger partial charge on any atom is 0.346 e. The number of terminal acetylenes is 1.